The molecule has 26 heavy (non-hydrogen) atoms. The Bertz CT molecular complexity index is 807. The maximum atomic E-state index is 13.4. The highest BCUT2D eigenvalue weighted by Gasteiger charge is 2.58. The van der Waals surface area contributed by atoms with E-state index in [0.717, 1.165) is 6.07 Å². The molecule has 0 radical (unpaired) electrons. The van der Waals surface area contributed by atoms with E-state index in [1.165, 1.54) is 19.1 Å². The summed E-state index contributed by atoms with van der Waals surface area (Å²) in [5, 5.41) is 13.2. The zero-order valence-electron chi connectivity index (χ0n) is 13.8. The molecule has 0 bridgehead atoms. The molecule has 142 valence electrons. The number of carbonyl (C=O) groups excluding carboxylic acids is 1. The highest BCUT2D eigenvalue weighted by atomic mass is 35.5. The van der Waals surface area contributed by atoms with Gasteiger partial charge in [0.25, 0.3) is 0 Å². The lowest BCUT2D eigenvalue weighted by molar-refractivity contribution is -0.273. The number of nitrogens with one attached hydrogen (secondary N) is 1. The van der Waals surface area contributed by atoms with Crippen LogP contribution in [-0.4, -0.2) is 17.2 Å². The van der Waals surface area contributed by atoms with Crippen LogP contribution in [0.2, 0.25) is 10.0 Å². The second-order valence-corrected chi connectivity index (χ2v) is 6.74. The number of benzene rings is 1. The Morgan fingerprint density at radius 3 is 2.42 bits per heavy atom. The number of hydrogen-bond acceptors (Lipinski definition) is 3. The molecule has 1 aromatic carbocycles. The number of amides is 1. The predicted molar refractivity (Wildman–Crippen MR) is 91.0 cm³/mol. The molecule has 0 unspecified atom stereocenters. The van der Waals surface area contributed by atoms with Crippen molar-refractivity contribution >= 4 is 29.1 Å². The molecular weight excluding hydrogens is 394 g/mol. The van der Waals surface area contributed by atoms with Crippen molar-refractivity contribution in [3.8, 4) is 0 Å². The summed E-state index contributed by atoms with van der Waals surface area (Å²) in [6.07, 6.45) is -6.35. The Kier molecular flexibility index (Phi) is 5.95. The second-order valence-electron chi connectivity index (χ2n) is 5.90. The topological polar surface area (TPSA) is 62.5 Å². The molecule has 4 nitrogen and oxygen atoms in total. The van der Waals surface area contributed by atoms with Crippen molar-refractivity contribution in [3.05, 3.63) is 57.5 Å². The molecule has 1 heterocycles. The van der Waals surface area contributed by atoms with Crippen LogP contribution < -0.4 is 5.32 Å². The third-order valence-corrected chi connectivity index (χ3v) is 4.40. The third-order valence-electron chi connectivity index (χ3n) is 3.84. The fourth-order valence-corrected chi connectivity index (χ4v) is 3.01. The molecule has 1 aromatic heterocycles. The van der Waals surface area contributed by atoms with E-state index in [0.29, 0.717) is 10.6 Å². The normalized spacial score (nSPS) is 15.4. The van der Waals surface area contributed by atoms with Gasteiger partial charge in [0.2, 0.25) is 11.5 Å². The zero-order chi connectivity index (χ0) is 19.7. The minimum atomic E-state index is -5.10. The first kappa shape index (κ1) is 20.6. The van der Waals surface area contributed by atoms with Crippen LogP contribution in [0, 0.1) is 6.92 Å². The molecule has 0 aliphatic rings. The van der Waals surface area contributed by atoms with Gasteiger partial charge in [0.1, 0.15) is 11.5 Å². The summed E-state index contributed by atoms with van der Waals surface area (Å²) in [6, 6.07) is 6.14. The summed E-state index contributed by atoms with van der Waals surface area (Å²) in [7, 11) is 0. The number of furan rings is 1. The highest BCUT2D eigenvalue weighted by molar-refractivity contribution is 6.35. The first-order chi connectivity index (χ1) is 11.9. The molecule has 0 saturated heterocycles. The molecule has 2 N–H and O–H groups in total. The lowest BCUT2D eigenvalue weighted by Gasteiger charge is -2.28. The van der Waals surface area contributed by atoms with E-state index in [1.54, 1.807) is 19.1 Å². The number of halogens is 5. The molecule has 0 fully saturated rings. The van der Waals surface area contributed by atoms with E-state index in [2.05, 4.69) is 5.32 Å². The van der Waals surface area contributed by atoms with Crippen LogP contribution in [0.15, 0.2) is 34.7 Å². The fraction of sp³-hybridized carbons (Fsp3) is 0.353. The molecular formula is C17H16Cl2F3NO3. The minimum Gasteiger partial charge on any atom is -0.463 e. The van der Waals surface area contributed by atoms with E-state index < -0.39 is 35.9 Å². The van der Waals surface area contributed by atoms with Gasteiger partial charge in [0, 0.05) is 10.0 Å². The molecule has 2 aromatic rings. The van der Waals surface area contributed by atoms with Crippen molar-refractivity contribution in [3.63, 3.8) is 0 Å². The lowest BCUT2D eigenvalue weighted by Crippen LogP contribution is -2.46. The van der Waals surface area contributed by atoms with Crippen molar-refractivity contribution in [1.82, 2.24) is 5.32 Å². The van der Waals surface area contributed by atoms with Crippen molar-refractivity contribution in [2.75, 3.05) is 0 Å². The predicted octanol–water partition coefficient (Wildman–Crippen LogP) is 4.91. The van der Waals surface area contributed by atoms with Crippen molar-refractivity contribution < 1.29 is 27.5 Å². The first-order valence-corrected chi connectivity index (χ1v) is 8.30. The number of aliphatic hydroxyl groups is 1. The van der Waals surface area contributed by atoms with Crippen molar-refractivity contribution in [2.24, 2.45) is 0 Å². The van der Waals surface area contributed by atoms with Gasteiger partial charge in [0.15, 0.2) is 0 Å². The minimum absolute atomic E-state index is 0.185. The quantitative estimate of drug-likeness (QED) is 0.736. The Hall–Kier alpha value is -1.70. The van der Waals surface area contributed by atoms with Crippen LogP contribution in [0.5, 0.6) is 0 Å². The highest BCUT2D eigenvalue weighted by Crippen LogP contribution is 2.42. The van der Waals surface area contributed by atoms with E-state index >= 15 is 0 Å². The van der Waals surface area contributed by atoms with Gasteiger partial charge in [-0.2, -0.15) is 13.2 Å². The molecule has 0 aliphatic heterocycles. The number of alkyl halides is 3. The maximum absolute atomic E-state index is 13.4. The number of carbonyl (C=O) groups is 1. The Morgan fingerprint density at radius 2 is 1.92 bits per heavy atom. The van der Waals surface area contributed by atoms with Crippen LogP contribution in [0.25, 0.3) is 0 Å². The molecule has 0 aliphatic carbocycles. The average Bonchev–Trinajstić information content (AvgIpc) is 2.92. The van der Waals surface area contributed by atoms with Gasteiger partial charge in [-0.1, -0.05) is 29.3 Å². The van der Waals surface area contributed by atoms with E-state index in [-0.39, 0.29) is 10.8 Å². The summed E-state index contributed by atoms with van der Waals surface area (Å²) >= 11 is 11.8. The lowest BCUT2D eigenvalue weighted by atomic mass is 9.95. The monoisotopic (exact) mass is 409 g/mol. The first-order valence-electron chi connectivity index (χ1n) is 7.54. The Labute approximate surface area is 157 Å². The van der Waals surface area contributed by atoms with Gasteiger partial charge in [-0.25, -0.2) is 0 Å². The van der Waals surface area contributed by atoms with E-state index in [1.807, 2.05) is 0 Å². The van der Waals surface area contributed by atoms with Crippen molar-refractivity contribution in [1.29, 1.82) is 0 Å². The Morgan fingerprint density at radius 1 is 1.27 bits per heavy atom. The van der Waals surface area contributed by atoms with Crippen LogP contribution >= 0.6 is 23.2 Å². The molecule has 1 amide bonds. The molecule has 0 saturated carbocycles. The number of aryl methyl sites for hydroxylation is 1. The van der Waals surface area contributed by atoms with Crippen molar-refractivity contribution in [2.45, 2.75) is 38.1 Å². The van der Waals surface area contributed by atoms with Gasteiger partial charge in [-0.15, -0.1) is 0 Å². The largest absolute Gasteiger partial charge is 0.463 e. The molecule has 2 rings (SSSR count). The second kappa shape index (κ2) is 7.50. The SMILES string of the molecule is Cc1ccc([C@](O)(CC(=O)N[C@@H](C)c2ccc(Cl)cc2Cl)C(F)(F)F)o1. The Balaban J connectivity index is 2.20. The van der Waals surface area contributed by atoms with Gasteiger partial charge in [-0.05, 0) is 43.7 Å². The summed E-state index contributed by atoms with van der Waals surface area (Å²) in [4.78, 5) is 12.2. The molecule has 0 spiro atoms. The smallest absolute Gasteiger partial charge is 0.425 e. The van der Waals surface area contributed by atoms with Crippen LogP contribution in [0.4, 0.5) is 13.2 Å². The zero-order valence-corrected chi connectivity index (χ0v) is 15.3. The summed E-state index contributed by atoms with van der Waals surface area (Å²) in [5.41, 5.74) is -2.96. The number of rotatable bonds is 5. The summed E-state index contributed by atoms with van der Waals surface area (Å²) in [6.45, 7) is 2.99. The van der Waals surface area contributed by atoms with Crippen LogP contribution in [0.1, 0.15) is 36.5 Å². The molecule has 9 heteroatoms. The summed E-state index contributed by atoms with van der Waals surface area (Å²) < 4.78 is 45.1. The van der Waals surface area contributed by atoms with Crippen LogP contribution in [-0.2, 0) is 10.4 Å². The molecule has 2 atom stereocenters. The van der Waals surface area contributed by atoms with Gasteiger partial charge < -0.3 is 14.8 Å². The number of hydrogen-bond donors (Lipinski definition) is 2. The average molecular weight is 410 g/mol. The summed E-state index contributed by atoms with van der Waals surface area (Å²) in [5.74, 6) is -1.57. The van der Waals surface area contributed by atoms with Gasteiger partial charge in [0.05, 0.1) is 12.5 Å². The third kappa shape index (κ3) is 4.34. The fourth-order valence-electron chi connectivity index (χ4n) is 2.44. The van der Waals surface area contributed by atoms with E-state index in [9.17, 15) is 23.1 Å². The van der Waals surface area contributed by atoms with Gasteiger partial charge >= 0.3 is 6.18 Å². The van der Waals surface area contributed by atoms with Crippen LogP contribution in [0.3, 0.4) is 0 Å². The maximum Gasteiger partial charge on any atom is 0.425 e. The van der Waals surface area contributed by atoms with Gasteiger partial charge in [-0.3, -0.25) is 4.79 Å². The standard InChI is InChI=1S/C17H16Cl2F3NO3/c1-9-3-6-14(26-9)16(25,17(20,21)22)8-15(24)23-10(2)12-5-4-11(18)7-13(12)19/h3-7,10,25H,8H2,1-2H3,(H,23,24)/t10-,16+/m0/s1. The van der Waals surface area contributed by atoms with E-state index in [4.69, 9.17) is 27.6 Å².